The minimum Gasteiger partial charge on any atom is -0.300 e. The van der Waals surface area contributed by atoms with E-state index in [9.17, 15) is 9.59 Å². The van der Waals surface area contributed by atoms with Gasteiger partial charge in [-0.25, -0.2) is 0 Å². The van der Waals surface area contributed by atoms with E-state index in [2.05, 4.69) is 12.2 Å². The first-order valence-corrected chi connectivity index (χ1v) is 5.70. The molecule has 1 rings (SSSR count). The third-order valence-corrected chi connectivity index (χ3v) is 3.47. The molecule has 2 nitrogen and oxygen atoms in total. The van der Waals surface area contributed by atoms with Gasteiger partial charge in [-0.2, -0.15) is 0 Å². The van der Waals surface area contributed by atoms with Crippen molar-refractivity contribution in [2.45, 2.75) is 40.0 Å². The lowest BCUT2D eigenvalue weighted by Gasteiger charge is -2.29. The zero-order valence-electron chi connectivity index (χ0n) is 9.82. The van der Waals surface area contributed by atoms with E-state index in [1.165, 1.54) is 0 Å². The van der Waals surface area contributed by atoms with Crippen LogP contribution in [0.3, 0.4) is 0 Å². The first-order chi connectivity index (χ1) is 7.04. The Bertz CT molecular complexity index is 278. The Labute approximate surface area is 91.7 Å². The number of ketones is 2. The van der Waals surface area contributed by atoms with Gasteiger partial charge in [0.2, 0.25) is 0 Å². The molecule has 0 saturated heterocycles. The number of Topliss-reactive ketones (excluding diaryl/α,β-unsaturated/α-hetero) is 2. The minimum atomic E-state index is -0.126. The zero-order valence-corrected chi connectivity index (χ0v) is 9.82. The van der Waals surface area contributed by atoms with Crippen LogP contribution < -0.4 is 0 Å². The summed E-state index contributed by atoms with van der Waals surface area (Å²) in [6.07, 6.45) is 7.32. The molecule has 0 fully saturated rings. The summed E-state index contributed by atoms with van der Waals surface area (Å²) in [5.41, 5.74) is 0. The molecule has 0 aromatic heterocycles. The molecule has 0 bridgehead atoms. The summed E-state index contributed by atoms with van der Waals surface area (Å²) >= 11 is 0. The standard InChI is InChI=1S/C13H20O2/c1-9(10(2)14)13(11(3)15)12-7-5-4-6-8-12/h4-5,9,12-13H,6-8H2,1-3H3. The normalized spacial score (nSPS) is 24.6. The van der Waals surface area contributed by atoms with E-state index in [-0.39, 0.29) is 23.4 Å². The molecular formula is C13H20O2. The van der Waals surface area contributed by atoms with Crippen molar-refractivity contribution in [2.75, 3.05) is 0 Å². The van der Waals surface area contributed by atoms with E-state index in [0.717, 1.165) is 19.3 Å². The highest BCUT2D eigenvalue weighted by Crippen LogP contribution is 2.32. The molecule has 0 spiro atoms. The average molecular weight is 208 g/mol. The van der Waals surface area contributed by atoms with Crippen LogP contribution in [0.5, 0.6) is 0 Å². The molecule has 0 aliphatic heterocycles. The molecule has 84 valence electrons. The predicted octanol–water partition coefficient (Wildman–Crippen LogP) is 2.77. The van der Waals surface area contributed by atoms with Gasteiger partial charge in [0.05, 0.1) is 0 Å². The Balaban J connectivity index is 2.77. The second-order valence-electron chi connectivity index (χ2n) is 4.58. The molecule has 0 heterocycles. The number of hydrogen-bond acceptors (Lipinski definition) is 2. The third kappa shape index (κ3) is 3.01. The molecule has 0 amide bonds. The van der Waals surface area contributed by atoms with Crippen LogP contribution >= 0.6 is 0 Å². The van der Waals surface area contributed by atoms with Gasteiger partial charge in [0.25, 0.3) is 0 Å². The smallest absolute Gasteiger partial charge is 0.133 e. The van der Waals surface area contributed by atoms with Crippen molar-refractivity contribution in [1.82, 2.24) is 0 Å². The minimum absolute atomic E-state index is 0.0764. The average Bonchev–Trinajstić information content (AvgIpc) is 2.18. The summed E-state index contributed by atoms with van der Waals surface area (Å²) in [5.74, 6) is 0.459. The van der Waals surface area contributed by atoms with Crippen molar-refractivity contribution in [2.24, 2.45) is 17.8 Å². The fourth-order valence-corrected chi connectivity index (χ4v) is 2.49. The Morgan fingerprint density at radius 3 is 2.27 bits per heavy atom. The number of rotatable bonds is 4. The third-order valence-electron chi connectivity index (χ3n) is 3.47. The van der Waals surface area contributed by atoms with E-state index in [1.807, 2.05) is 6.92 Å². The van der Waals surface area contributed by atoms with E-state index in [0.29, 0.717) is 5.92 Å². The van der Waals surface area contributed by atoms with Crippen LogP contribution in [0.1, 0.15) is 40.0 Å². The van der Waals surface area contributed by atoms with Gasteiger partial charge in [0.15, 0.2) is 0 Å². The van der Waals surface area contributed by atoms with E-state index in [1.54, 1.807) is 13.8 Å². The second-order valence-corrected chi connectivity index (χ2v) is 4.58. The van der Waals surface area contributed by atoms with Crippen LogP contribution in [-0.2, 0) is 9.59 Å². The fourth-order valence-electron chi connectivity index (χ4n) is 2.49. The summed E-state index contributed by atoms with van der Waals surface area (Å²) in [6, 6.07) is 0. The molecule has 3 atom stereocenters. The highest BCUT2D eigenvalue weighted by atomic mass is 16.1. The van der Waals surface area contributed by atoms with Crippen LogP contribution in [0.15, 0.2) is 12.2 Å². The second kappa shape index (κ2) is 5.24. The lowest BCUT2D eigenvalue weighted by molar-refractivity contribution is -0.131. The van der Waals surface area contributed by atoms with Crippen LogP contribution in [0.25, 0.3) is 0 Å². The summed E-state index contributed by atoms with van der Waals surface area (Å²) in [7, 11) is 0. The molecule has 15 heavy (non-hydrogen) atoms. The molecule has 1 aliphatic carbocycles. The highest BCUT2D eigenvalue weighted by molar-refractivity contribution is 5.87. The number of carbonyl (C=O) groups excluding carboxylic acids is 2. The van der Waals surface area contributed by atoms with Crippen molar-refractivity contribution < 1.29 is 9.59 Å². The Morgan fingerprint density at radius 2 is 1.87 bits per heavy atom. The molecule has 0 radical (unpaired) electrons. The number of carbonyl (C=O) groups is 2. The van der Waals surface area contributed by atoms with Crippen LogP contribution in [0.2, 0.25) is 0 Å². The summed E-state index contributed by atoms with van der Waals surface area (Å²) in [6.45, 7) is 5.08. The first kappa shape index (κ1) is 12.2. The summed E-state index contributed by atoms with van der Waals surface area (Å²) in [4.78, 5) is 23.0. The van der Waals surface area contributed by atoms with Gasteiger partial charge in [-0.3, -0.25) is 9.59 Å². The monoisotopic (exact) mass is 208 g/mol. The molecular weight excluding hydrogens is 188 g/mol. The van der Waals surface area contributed by atoms with Crippen molar-refractivity contribution in [3.63, 3.8) is 0 Å². The highest BCUT2D eigenvalue weighted by Gasteiger charge is 2.32. The molecule has 0 saturated carbocycles. The van der Waals surface area contributed by atoms with Crippen molar-refractivity contribution in [3.05, 3.63) is 12.2 Å². The van der Waals surface area contributed by atoms with Gasteiger partial charge in [0, 0.05) is 11.8 Å². The van der Waals surface area contributed by atoms with Gasteiger partial charge in [0.1, 0.15) is 11.6 Å². The van der Waals surface area contributed by atoms with Gasteiger partial charge in [-0.05, 0) is 39.0 Å². The first-order valence-electron chi connectivity index (χ1n) is 5.70. The number of allylic oxidation sites excluding steroid dienone is 2. The lowest BCUT2D eigenvalue weighted by atomic mass is 9.73. The molecule has 3 unspecified atom stereocenters. The van der Waals surface area contributed by atoms with Gasteiger partial charge in [-0.15, -0.1) is 0 Å². The van der Waals surface area contributed by atoms with Gasteiger partial charge in [-0.1, -0.05) is 19.1 Å². The van der Waals surface area contributed by atoms with Crippen molar-refractivity contribution in [1.29, 1.82) is 0 Å². The van der Waals surface area contributed by atoms with Gasteiger partial charge < -0.3 is 0 Å². The van der Waals surface area contributed by atoms with Gasteiger partial charge >= 0.3 is 0 Å². The van der Waals surface area contributed by atoms with Crippen molar-refractivity contribution in [3.8, 4) is 0 Å². The largest absolute Gasteiger partial charge is 0.300 e. The predicted molar refractivity (Wildman–Crippen MR) is 60.5 cm³/mol. The summed E-state index contributed by atoms with van der Waals surface area (Å²) in [5, 5.41) is 0. The maximum atomic E-state index is 11.6. The quantitative estimate of drug-likeness (QED) is 0.666. The Kier molecular flexibility index (Phi) is 4.25. The zero-order chi connectivity index (χ0) is 11.4. The van der Waals surface area contributed by atoms with Crippen LogP contribution in [0, 0.1) is 17.8 Å². The SMILES string of the molecule is CC(=O)C(C)C(C(C)=O)C1CC=CCC1. The molecule has 0 aromatic rings. The van der Waals surface area contributed by atoms with Crippen LogP contribution in [0.4, 0.5) is 0 Å². The van der Waals surface area contributed by atoms with E-state index >= 15 is 0 Å². The fraction of sp³-hybridized carbons (Fsp3) is 0.692. The maximum absolute atomic E-state index is 11.6. The lowest BCUT2D eigenvalue weighted by Crippen LogP contribution is -2.32. The number of hydrogen-bond donors (Lipinski definition) is 0. The molecule has 0 N–H and O–H groups in total. The Hall–Kier alpha value is -0.920. The van der Waals surface area contributed by atoms with Crippen molar-refractivity contribution >= 4 is 11.6 Å². The van der Waals surface area contributed by atoms with Crippen LogP contribution in [-0.4, -0.2) is 11.6 Å². The van der Waals surface area contributed by atoms with E-state index in [4.69, 9.17) is 0 Å². The molecule has 2 heteroatoms. The van der Waals surface area contributed by atoms with E-state index < -0.39 is 0 Å². The maximum Gasteiger partial charge on any atom is 0.133 e. The Morgan fingerprint density at radius 1 is 1.20 bits per heavy atom. The molecule has 0 aromatic carbocycles. The molecule has 1 aliphatic rings. The summed E-state index contributed by atoms with van der Waals surface area (Å²) < 4.78 is 0. The topological polar surface area (TPSA) is 34.1 Å².